The van der Waals surface area contributed by atoms with Crippen LogP contribution in [0.1, 0.15) is 21.1 Å². The van der Waals surface area contributed by atoms with Crippen molar-refractivity contribution < 1.29 is 4.74 Å². The molecule has 0 saturated heterocycles. The van der Waals surface area contributed by atoms with E-state index in [1.54, 1.807) is 13.2 Å². The van der Waals surface area contributed by atoms with Crippen molar-refractivity contribution >= 4 is 17.2 Å². The number of anilines is 1. The molecule has 0 radical (unpaired) electrons. The molecule has 0 aliphatic heterocycles. The van der Waals surface area contributed by atoms with Gasteiger partial charge in [-0.1, -0.05) is 0 Å². The molecule has 2 aromatic heterocycles. The van der Waals surface area contributed by atoms with Gasteiger partial charge in [0.2, 0.25) is 5.88 Å². The number of aromatic nitrogens is 2. The Morgan fingerprint density at radius 1 is 1.22 bits per heavy atom. The molecule has 5 heteroatoms. The quantitative estimate of drug-likeness (QED) is 0.921. The predicted molar refractivity (Wildman–Crippen MR) is 74.4 cm³/mol. The van der Waals surface area contributed by atoms with Crippen LogP contribution in [0.4, 0.5) is 5.82 Å². The largest absolute Gasteiger partial charge is 0.481 e. The van der Waals surface area contributed by atoms with Gasteiger partial charge in [-0.3, -0.25) is 0 Å². The lowest BCUT2D eigenvalue weighted by molar-refractivity contribution is 0.396. The SMILES string of the molecule is COc1cc(NCc2cc(C)c(C)s2)nc(C)n1. The summed E-state index contributed by atoms with van der Waals surface area (Å²) >= 11 is 1.81. The maximum atomic E-state index is 5.12. The monoisotopic (exact) mass is 263 g/mol. The van der Waals surface area contributed by atoms with Crippen LogP contribution in [0.25, 0.3) is 0 Å². The molecule has 0 bridgehead atoms. The molecular weight excluding hydrogens is 246 g/mol. The molecule has 18 heavy (non-hydrogen) atoms. The van der Waals surface area contributed by atoms with E-state index in [1.165, 1.54) is 15.3 Å². The van der Waals surface area contributed by atoms with Crippen molar-refractivity contribution in [3.8, 4) is 5.88 Å². The highest BCUT2D eigenvalue weighted by Gasteiger charge is 2.04. The third-order valence-electron chi connectivity index (χ3n) is 2.68. The fourth-order valence-electron chi connectivity index (χ4n) is 1.65. The second-order valence-electron chi connectivity index (χ2n) is 4.15. The number of aryl methyl sites for hydroxylation is 3. The minimum Gasteiger partial charge on any atom is -0.481 e. The maximum absolute atomic E-state index is 5.12. The van der Waals surface area contributed by atoms with E-state index in [0.717, 1.165) is 12.4 Å². The molecule has 0 fully saturated rings. The summed E-state index contributed by atoms with van der Waals surface area (Å²) in [6.45, 7) is 6.90. The Morgan fingerprint density at radius 2 is 2.00 bits per heavy atom. The lowest BCUT2D eigenvalue weighted by atomic mass is 10.3. The van der Waals surface area contributed by atoms with Gasteiger partial charge in [-0.25, -0.2) is 4.98 Å². The van der Waals surface area contributed by atoms with Crippen molar-refractivity contribution in [2.75, 3.05) is 12.4 Å². The van der Waals surface area contributed by atoms with Gasteiger partial charge in [0.1, 0.15) is 11.6 Å². The van der Waals surface area contributed by atoms with E-state index in [-0.39, 0.29) is 0 Å². The number of rotatable bonds is 4. The fourth-order valence-corrected chi connectivity index (χ4v) is 2.64. The number of hydrogen-bond donors (Lipinski definition) is 1. The summed E-state index contributed by atoms with van der Waals surface area (Å²) in [4.78, 5) is 11.2. The van der Waals surface area contributed by atoms with Crippen LogP contribution in [0.5, 0.6) is 5.88 Å². The molecule has 0 aliphatic rings. The topological polar surface area (TPSA) is 47.0 Å². The number of ether oxygens (including phenoxy) is 1. The smallest absolute Gasteiger partial charge is 0.218 e. The standard InChI is InChI=1S/C13H17N3OS/c1-8-5-11(18-9(8)2)7-14-12-6-13(17-4)16-10(3)15-12/h5-6H,7H2,1-4H3,(H,14,15,16). The zero-order valence-electron chi connectivity index (χ0n) is 11.1. The molecule has 4 nitrogen and oxygen atoms in total. The highest BCUT2D eigenvalue weighted by Crippen LogP contribution is 2.22. The first-order valence-electron chi connectivity index (χ1n) is 5.78. The van der Waals surface area contributed by atoms with Crippen molar-refractivity contribution in [1.82, 2.24) is 9.97 Å². The molecule has 2 aromatic rings. The lowest BCUT2D eigenvalue weighted by Crippen LogP contribution is -2.03. The second kappa shape index (κ2) is 5.35. The summed E-state index contributed by atoms with van der Waals surface area (Å²) in [5.74, 6) is 2.09. The molecule has 1 N–H and O–H groups in total. The van der Waals surface area contributed by atoms with E-state index in [9.17, 15) is 0 Å². The lowest BCUT2D eigenvalue weighted by Gasteiger charge is -2.06. The van der Waals surface area contributed by atoms with Crippen molar-refractivity contribution in [3.05, 3.63) is 33.3 Å². The average Bonchev–Trinajstić information content (AvgIpc) is 2.65. The van der Waals surface area contributed by atoms with Gasteiger partial charge in [0.25, 0.3) is 0 Å². The number of nitrogens with one attached hydrogen (secondary N) is 1. The molecule has 0 aliphatic carbocycles. The third kappa shape index (κ3) is 2.98. The third-order valence-corrected chi connectivity index (χ3v) is 3.84. The van der Waals surface area contributed by atoms with Gasteiger partial charge >= 0.3 is 0 Å². The van der Waals surface area contributed by atoms with Gasteiger partial charge in [-0.05, 0) is 32.4 Å². The number of hydrogen-bond acceptors (Lipinski definition) is 5. The molecule has 0 unspecified atom stereocenters. The van der Waals surface area contributed by atoms with Gasteiger partial charge in [0, 0.05) is 15.8 Å². The van der Waals surface area contributed by atoms with Crippen molar-refractivity contribution in [1.29, 1.82) is 0 Å². The Balaban J connectivity index is 2.07. The van der Waals surface area contributed by atoms with Gasteiger partial charge in [-0.15, -0.1) is 11.3 Å². The Bertz CT molecular complexity index is 532. The van der Waals surface area contributed by atoms with Crippen molar-refractivity contribution in [3.63, 3.8) is 0 Å². The highest BCUT2D eigenvalue weighted by molar-refractivity contribution is 7.12. The van der Waals surface area contributed by atoms with Crippen LogP contribution in [-0.2, 0) is 6.54 Å². The van der Waals surface area contributed by atoms with E-state index < -0.39 is 0 Å². The van der Waals surface area contributed by atoms with Crippen LogP contribution in [0.3, 0.4) is 0 Å². The molecule has 0 saturated carbocycles. The summed E-state index contributed by atoms with van der Waals surface area (Å²) in [6.07, 6.45) is 0. The fraction of sp³-hybridized carbons (Fsp3) is 0.385. The Hall–Kier alpha value is -1.62. The van der Waals surface area contributed by atoms with Gasteiger partial charge < -0.3 is 10.1 Å². The van der Waals surface area contributed by atoms with Crippen LogP contribution < -0.4 is 10.1 Å². The molecule has 0 aromatic carbocycles. The van der Waals surface area contributed by atoms with Crippen LogP contribution in [0, 0.1) is 20.8 Å². The summed E-state index contributed by atoms with van der Waals surface area (Å²) in [6, 6.07) is 4.01. The predicted octanol–water partition coefficient (Wildman–Crippen LogP) is 3.08. The molecule has 96 valence electrons. The molecule has 2 rings (SSSR count). The number of thiophene rings is 1. The van der Waals surface area contributed by atoms with Crippen LogP contribution in [0.2, 0.25) is 0 Å². The normalized spacial score (nSPS) is 10.4. The van der Waals surface area contributed by atoms with Crippen molar-refractivity contribution in [2.24, 2.45) is 0 Å². The van der Waals surface area contributed by atoms with Crippen molar-refractivity contribution in [2.45, 2.75) is 27.3 Å². The zero-order chi connectivity index (χ0) is 13.1. The van der Waals surface area contributed by atoms with E-state index in [0.29, 0.717) is 11.7 Å². The number of methoxy groups -OCH3 is 1. The Labute approximate surface area is 111 Å². The molecule has 2 heterocycles. The molecule has 0 atom stereocenters. The van der Waals surface area contributed by atoms with Gasteiger partial charge in [0.15, 0.2) is 0 Å². The first kappa shape index (κ1) is 12.8. The van der Waals surface area contributed by atoms with E-state index in [4.69, 9.17) is 4.74 Å². The highest BCUT2D eigenvalue weighted by atomic mass is 32.1. The summed E-state index contributed by atoms with van der Waals surface area (Å²) < 4.78 is 5.12. The Kier molecular flexibility index (Phi) is 3.81. The first-order chi connectivity index (χ1) is 8.58. The second-order valence-corrected chi connectivity index (χ2v) is 5.49. The van der Waals surface area contributed by atoms with Crippen LogP contribution >= 0.6 is 11.3 Å². The van der Waals surface area contributed by atoms with E-state index in [1.807, 2.05) is 18.3 Å². The summed E-state index contributed by atoms with van der Waals surface area (Å²) in [7, 11) is 1.61. The Morgan fingerprint density at radius 3 is 2.61 bits per heavy atom. The van der Waals surface area contributed by atoms with Crippen LogP contribution in [0.15, 0.2) is 12.1 Å². The molecule has 0 amide bonds. The zero-order valence-corrected chi connectivity index (χ0v) is 11.9. The molecular formula is C13H17N3OS. The first-order valence-corrected chi connectivity index (χ1v) is 6.59. The van der Waals surface area contributed by atoms with Crippen LogP contribution in [-0.4, -0.2) is 17.1 Å². The maximum Gasteiger partial charge on any atom is 0.218 e. The summed E-state index contributed by atoms with van der Waals surface area (Å²) in [5, 5.41) is 3.30. The van der Waals surface area contributed by atoms with Gasteiger partial charge in [0.05, 0.1) is 13.7 Å². The summed E-state index contributed by atoms with van der Waals surface area (Å²) in [5.41, 5.74) is 1.34. The average molecular weight is 263 g/mol. The minimum absolute atomic E-state index is 0.587. The van der Waals surface area contributed by atoms with E-state index >= 15 is 0 Å². The molecule has 0 spiro atoms. The van der Waals surface area contributed by atoms with Gasteiger partial charge in [-0.2, -0.15) is 4.98 Å². The number of nitrogens with zero attached hydrogens (tertiary/aromatic N) is 2. The minimum atomic E-state index is 0.587. The van der Waals surface area contributed by atoms with E-state index in [2.05, 4.69) is 35.2 Å².